The van der Waals surface area contributed by atoms with Gasteiger partial charge in [0.25, 0.3) is 5.91 Å². The van der Waals surface area contributed by atoms with Crippen LogP contribution in [0.25, 0.3) is 0 Å². The molecule has 0 radical (unpaired) electrons. The van der Waals surface area contributed by atoms with Crippen LogP contribution in [0.1, 0.15) is 30.6 Å². The monoisotopic (exact) mass is 281 g/mol. The number of anilines is 1. The second-order valence-electron chi connectivity index (χ2n) is 4.58. The largest absolute Gasteiger partial charge is 0.370 e. The van der Waals surface area contributed by atoms with E-state index in [1.165, 1.54) is 0 Å². The topological polar surface area (TPSA) is 45.2 Å². The lowest BCUT2D eigenvalue weighted by molar-refractivity contribution is 0.0757. The van der Waals surface area contributed by atoms with Crippen LogP contribution in [0.4, 0.5) is 5.82 Å². The van der Waals surface area contributed by atoms with Gasteiger partial charge in [-0.15, -0.1) is 0 Å². The first-order chi connectivity index (χ1) is 9.10. The fraction of sp³-hybridized carbons (Fsp3) is 0.571. The lowest BCUT2D eigenvalue weighted by atomic mass is 10.2. The van der Waals surface area contributed by atoms with Crippen molar-refractivity contribution in [1.82, 2.24) is 9.88 Å². The number of pyridine rings is 1. The van der Waals surface area contributed by atoms with Gasteiger partial charge in [0.1, 0.15) is 5.82 Å². The summed E-state index contributed by atoms with van der Waals surface area (Å²) in [6.45, 7) is 5.02. The van der Waals surface area contributed by atoms with Gasteiger partial charge in [0.2, 0.25) is 0 Å². The minimum atomic E-state index is 0.0449. The van der Waals surface area contributed by atoms with Gasteiger partial charge in [-0.25, -0.2) is 4.98 Å². The second-order valence-corrected chi connectivity index (χ2v) is 5.49. The number of nitrogens with one attached hydrogen (secondary N) is 1. The maximum Gasteiger partial charge on any atom is 0.254 e. The first-order valence-corrected chi connectivity index (χ1v) is 7.95. The Kier molecular flexibility index (Phi) is 6.70. The molecule has 1 N–H and O–H groups in total. The molecule has 1 atom stereocenters. The van der Waals surface area contributed by atoms with Gasteiger partial charge in [0.15, 0.2) is 0 Å². The number of thioether (sulfide) groups is 1. The predicted molar refractivity (Wildman–Crippen MR) is 83.0 cm³/mol. The Labute approximate surface area is 120 Å². The summed E-state index contributed by atoms with van der Waals surface area (Å²) in [5, 5.41) is 3.20. The lowest BCUT2D eigenvalue weighted by Crippen LogP contribution is -2.36. The van der Waals surface area contributed by atoms with Crippen molar-refractivity contribution in [2.75, 3.05) is 30.9 Å². The number of carbonyl (C=O) groups excluding carboxylic acids is 1. The number of carbonyl (C=O) groups is 1. The van der Waals surface area contributed by atoms with Gasteiger partial charge >= 0.3 is 0 Å². The molecule has 0 aliphatic rings. The van der Waals surface area contributed by atoms with Crippen molar-refractivity contribution in [2.45, 2.75) is 26.3 Å². The zero-order valence-corrected chi connectivity index (χ0v) is 13.0. The van der Waals surface area contributed by atoms with E-state index in [1.807, 2.05) is 19.4 Å². The van der Waals surface area contributed by atoms with Crippen LogP contribution in [0, 0.1) is 0 Å². The average molecular weight is 281 g/mol. The van der Waals surface area contributed by atoms with Gasteiger partial charge in [0.05, 0.1) is 0 Å². The van der Waals surface area contributed by atoms with E-state index >= 15 is 0 Å². The molecule has 1 amide bonds. The molecule has 4 nitrogen and oxygen atoms in total. The van der Waals surface area contributed by atoms with Crippen molar-refractivity contribution >= 4 is 23.5 Å². The van der Waals surface area contributed by atoms with Crippen LogP contribution in [0.15, 0.2) is 18.3 Å². The molecule has 0 aromatic carbocycles. The molecule has 1 unspecified atom stereocenters. The van der Waals surface area contributed by atoms with Crippen molar-refractivity contribution in [3.8, 4) is 0 Å². The standard InChI is InChI=1S/C14H23N3OS/c1-5-7-15-13-9-12(6-8-16-13)14(18)17(3)11(2)10-19-4/h6,8-9,11H,5,7,10H2,1-4H3,(H,15,16). The fourth-order valence-electron chi connectivity index (χ4n) is 1.67. The zero-order valence-electron chi connectivity index (χ0n) is 12.1. The van der Waals surface area contributed by atoms with Crippen LogP contribution in [0.2, 0.25) is 0 Å². The molecule has 0 saturated heterocycles. The summed E-state index contributed by atoms with van der Waals surface area (Å²) < 4.78 is 0. The average Bonchev–Trinajstić information content (AvgIpc) is 2.44. The molecule has 1 aromatic rings. The highest BCUT2D eigenvalue weighted by atomic mass is 32.2. The Balaban J connectivity index is 2.75. The number of nitrogens with zero attached hydrogens (tertiary/aromatic N) is 2. The van der Waals surface area contributed by atoms with E-state index in [-0.39, 0.29) is 11.9 Å². The summed E-state index contributed by atoms with van der Waals surface area (Å²) in [6.07, 6.45) is 4.76. The molecule has 19 heavy (non-hydrogen) atoms. The van der Waals surface area contributed by atoms with Gasteiger partial charge in [-0.2, -0.15) is 11.8 Å². The first-order valence-electron chi connectivity index (χ1n) is 6.56. The molecule has 1 rings (SSSR count). The van der Waals surface area contributed by atoms with Gasteiger partial charge in [-0.1, -0.05) is 6.92 Å². The van der Waals surface area contributed by atoms with Crippen LogP contribution in [0.5, 0.6) is 0 Å². The number of hydrogen-bond donors (Lipinski definition) is 1. The third-order valence-electron chi connectivity index (χ3n) is 2.95. The number of hydrogen-bond acceptors (Lipinski definition) is 4. The third kappa shape index (κ3) is 4.74. The molecule has 106 valence electrons. The number of amides is 1. The van der Waals surface area contributed by atoms with Crippen molar-refractivity contribution in [3.63, 3.8) is 0 Å². The second kappa shape index (κ2) is 8.04. The van der Waals surface area contributed by atoms with Gasteiger partial charge < -0.3 is 10.2 Å². The van der Waals surface area contributed by atoms with Crippen LogP contribution >= 0.6 is 11.8 Å². The molecule has 1 heterocycles. The van der Waals surface area contributed by atoms with Crippen LogP contribution < -0.4 is 5.32 Å². The molecule has 0 spiro atoms. The molecular weight excluding hydrogens is 258 g/mol. The van der Waals surface area contributed by atoms with E-state index in [4.69, 9.17) is 0 Å². The normalized spacial score (nSPS) is 12.0. The fourth-order valence-corrected chi connectivity index (χ4v) is 2.38. The third-order valence-corrected chi connectivity index (χ3v) is 3.77. The molecule has 5 heteroatoms. The highest BCUT2D eigenvalue weighted by Crippen LogP contribution is 2.12. The van der Waals surface area contributed by atoms with Crippen molar-refractivity contribution in [1.29, 1.82) is 0 Å². The van der Waals surface area contributed by atoms with Crippen LogP contribution in [-0.2, 0) is 0 Å². The minimum absolute atomic E-state index is 0.0449. The van der Waals surface area contributed by atoms with E-state index in [2.05, 4.69) is 24.1 Å². The number of rotatable bonds is 7. The highest BCUT2D eigenvalue weighted by Gasteiger charge is 2.17. The maximum absolute atomic E-state index is 12.3. The molecular formula is C14H23N3OS. The highest BCUT2D eigenvalue weighted by molar-refractivity contribution is 7.98. The first kappa shape index (κ1) is 15.8. The molecule has 0 bridgehead atoms. The summed E-state index contributed by atoms with van der Waals surface area (Å²) in [7, 11) is 1.85. The van der Waals surface area contributed by atoms with E-state index in [0.717, 1.165) is 24.5 Å². The smallest absolute Gasteiger partial charge is 0.254 e. The molecule has 0 saturated carbocycles. The quantitative estimate of drug-likeness (QED) is 0.834. The van der Waals surface area contributed by atoms with E-state index in [9.17, 15) is 4.79 Å². The minimum Gasteiger partial charge on any atom is -0.370 e. The van der Waals surface area contributed by atoms with E-state index < -0.39 is 0 Å². The summed E-state index contributed by atoms with van der Waals surface area (Å²) in [5.74, 6) is 1.75. The Hall–Kier alpha value is -1.23. The molecule has 1 aromatic heterocycles. The number of aromatic nitrogens is 1. The van der Waals surface area contributed by atoms with E-state index in [1.54, 1.807) is 28.9 Å². The summed E-state index contributed by atoms with van der Waals surface area (Å²) >= 11 is 1.75. The van der Waals surface area contributed by atoms with Crippen molar-refractivity contribution in [3.05, 3.63) is 23.9 Å². The predicted octanol–water partition coefficient (Wildman–Crippen LogP) is 2.73. The molecule has 0 fully saturated rings. The van der Waals surface area contributed by atoms with Crippen molar-refractivity contribution in [2.24, 2.45) is 0 Å². The Morgan fingerprint density at radius 3 is 2.95 bits per heavy atom. The lowest BCUT2D eigenvalue weighted by Gasteiger charge is -2.24. The molecule has 0 aliphatic heterocycles. The van der Waals surface area contributed by atoms with Gasteiger partial charge in [0, 0.05) is 37.1 Å². The Bertz CT molecular complexity index is 411. The SMILES string of the molecule is CCCNc1cc(C(=O)N(C)C(C)CSC)ccn1. The van der Waals surface area contributed by atoms with Gasteiger partial charge in [-0.05, 0) is 31.7 Å². The van der Waals surface area contributed by atoms with Crippen LogP contribution in [-0.4, -0.2) is 47.4 Å². The maximum atomic E-state index is 12.3. The summed E-state index contributed by atoms with van der Waals surface area (Å²) in [6, 6.07) is 3.81. The van der Waals surface area contributed by atoms with Crippen LogP contribution in [0.3, 0.4) is 0 Å². The van der Waals surface area contributed by atoms with Gasteiger partial charge in [-0.3, -0.25) is 4.79 Å². The van der Waals surface area contributed by atoms with Crippen molar-refractivity contribution < 1.29 is 4.79 Å². The Morgan fingerprint density at radius 2 is 2.32 bits per heavy atom. The van der Waals surface area contributed by atoms with E-state index in [0.29, 0.717) is 5.56 Å². The summed E-state index contributed by atoms with van der Waals surface area (Å²) in [4.78, 5) is 18.3. The summed E-state index contributed by atoms with van der Waals surface area (Å²) in [5.41, 5.74) is 0.684. The zero-order chi connectivity index (χ0) is 14.3. The Morgan fingerprint density at radius 1 is 1.58 bits per heavy atom. The molecule has 0 aliphatic carbocycles.